The van der Waals surface area contributed by atoms with Crippen molar-refractivity contribution in [2.75, 3.05) is 18.5 Å². The molecule has 1 aromatic rings. The second-order valence-electron chi connectivity index (χ2n) is 7.00. The number of anilines is 1. The van der Waals surface area contributed by atoms with E-state index >= 15 is 0 Å². The summed E-state index contributed by atoms with van der Waals surface area (Å²) in [5, 5.41) is 3.02. The number of hydrogen-bond donors (Lipinski definition) is 1. The van der Waals surface area contributed by atoms with E-state index in [9.17, 15) is 14.4 Å². The Morgan fingerprint density at radius 3 is 2.37 bits per heavy atom. The highest BCUT2D eigenvalue weighted by atomic mass is 16.5. The van der Waals surface area contributed by atoms with E-state index in [4.69, 9.17) is 4.74 Å². The zero-order valence-electron chi connectivity index (χ0n) is 16.5. The Labute approximate surface area is 161 Å². The highest BCUT2D eigenvalue weighted by Gasteiger charge is 2.46. The van der Waals surface area contributed by atoms with E-state index in [-0.39, 0.29) is 17.3 Å². The maximum atomic E-state index is 12.7. The van der Waals surface area contributed by atoms with Gasteiger partial charge in [0.1, 0.15) is 6.04 Å². The second-order valence-corrected chi connectivity index (χ2v) is 7.00. The van der Waals surface area contributed by atoms with Crippen molar-refractivity contribution in [3.8, 4) is 0 Å². The number of carbonyl (C=O) groups excluding carboxylic acids is 3. The molecule has 1 aliphatic rings. The standard InChI is InChI=1S/C22H29NO4/c1-5-22(6-2)14-19(25)20(21(26)15(22)4)23-17-10-8-16(9-11-17)18(24)12-13-27-7-3/h8-11,20,23H,4-7,12-14H2,1-3H3. The molecule has 5 nitrogen and oxygen atoms in total. The van der Waals surface area contributed by atoms with Crippen LogP contribution in [-0.2, 0) is 14.3 Å². The first kappa shape index (κ1) is 21.0. The zero-order valence-corrected chi connectivity index (χ0v) is 16.5. The van der Waals surface area contributed by atoms with E-state index < -0.39 is 11.5 Å². The van der Waals surface area contributed by atoms with Crippen LogP contribution in [0.4, 0.5) is 5.69 Å². The molecular weight excluding hydrogens is 342 g/mol. The fourth-order valence-electron chi connectivity index (χ4n) is 3.57. The van der Waals surface area contributed by atoms with Gasteiger partial charge >= 0.3 is 0 Å². The van der Waals surface area contributed by atoms with Gasteiger partial charge in [-0.05, 0) is 49.6 Å². The minimum atomic E-state index is -0.900. The van der Waals surface area contributed by atoms with Gasteiger partial charge in [-0.25, -0.2) is 0 Å². The van der Waals surface area contributed by atoms with Crippen molar-refractivity contribution in [3.05, 3.63) is 42.0 Å². The Kier molecular flexibility index (Phi) is 7.08. The van der Waals surface area contributed by atoms with Crippen LogP contribution in [0.2, 0.25) is 0 Å². The molecule has 0 aromatic heterocycles. The fraction of sp³-hybridized carbons (Fsp3) is 0.500. The third kappa shape index (κ3) is 4.53. The average molecular weight is 371 g/mol. The molecule has 0 bridgehead atoms. The highest BCUT2D eigenvalue weighted by Crippen LogP contribution is 2.42. The van der Waals surface area contributed by atoms with E-state index in [1.807, 2.05) is 20.8 Å². The van der Waals surface area contributed by atoms with E-state index in [1.165, 1.54) is 0 Å². The molecule has 0 radical (unpaired) electrons. The van der Waals surface area contributed by atoms with Crippen LogP contribution in [0, 0.1) is 5.41 Å². The number of Topliss-reactive ketones (excluding diaryl/α,β-unsaturated/α-hetero) is 3. The van der Waals surface area contributed by atoms with Gasteiger partial charge in [0.25, 0.3) is 0 Å². The van der Waals surface area contributed by atoms with Gasteiger partial charge in [0.05, 0.1) is 6.61 Å². The molecule has 1 fully saturated rings. The van der Waals surface area contributed by atoms with Gasteiger partial charge < -0.3 is 10.1 Å². The summed E-state index contributed by atoms with van der Waals surface area (Å²) in [6.45, 7) is 10.8. The summed E-state index contributed by atoms with van der Waals surface area (Å²) in [4.78, 5) is 37.4. The Bertz CT molecular complexity index is 716. The lowest BCUT2D eigenvalue weighted by molar-refractivity contribution is -0.131. The largest absolute Gasteiger partial charge is 0.381 e. The van der Waals surface area contributed by atoms with Gasteiger partial charge in [-0.1, -0.05) is 20.4 Å². The van der Waals surface area contributed by atoms with E-state index in [1.54, 1.807) is 24.3 Å². The van der Waals surface area contributed by atoms with Crippen molar-refractivity contribution in [1.82, 2.24) is 0 Å². The summed E-state index contributed by atoms with van der Waals surface area (Å²) in [7, 11) is 0. The van der Waals surface area contributed by atoms with Crippen molar-refractivity contribution >= 4 is 23.0 Å². The van der Waals surface area contributed by atoms with Crippen molar-refractivity contribution in [2.45, 2.75) is 52.5 Å². The Balaban J connectivity index is 2.07. The molecule has 0 heterocycles. The molecule has 146 valence electrons. The lowest BCUT2D eigenvalue weighted by atomic mass is 9.65. The van der Waals surface area contributed by atoms with Crippen molar-refractivity contribution < 1.29 is 19.1 Å². The minimum absolute atomic E-state index is 0.00359. The first-order chi connectivity index (χ1) is 12.9. The smallest absolute Gasteiger partial charge is 0.188 e. The van der Waals surface area contributed by atoms with Gasteiger partial charge in [0, 0.05) is 36.1 Å². The highest BCUT2D eigenvalue weighted by molar-refractivity contribution is 6.19. The summed E-state index contributed by atoms with van der Waals surface area (Å²) in [5.74, 6) is -0.330. The number of nitrogens with one attached hydrogen (secondary N) is 1. The van der Waals surface area contributed by atoms with Crippen LogP contribution in [0.1, 0.15) is 56.8 Å². The normalized spacial score (nSPS) is 19.2. The molecule has 1 aliphatic carbocycles. The molecule has 2 rings (SSSR count). The van der Waals surface area contributed by atoms with Gasteiger partial charge in [-0.3, -0.25) is 14.4 Å². The number of ether oxygens (including phenoxy) is 1. The molecule has 0 amide bonds. The SMILES string of the molecule is C=C1C(=O)C(Nc2ccc(C(=O)CCOCC)cc2)C(=O)CC1(CC)CC. The third-order valence-corrected chi connectivity index (χ3v) is 5.58. The summed E-state index contributed by atoms with van der Waals surface area (Å²) in [6.07, 6.45) is 2.11. The first-order valence-corrected chi connectivity index (χ1v) is 9.62. The van der Waals surface area contributed by atoms with Crippen LogP contribution in [-0.4, -0.2) is 36.6 Å². The predicted octanol–water partition coefficient (Wildman–Crippen LogP) is 3.98. The van der Waals surface area contributed by atoms with Crippen molar-refractivity contribution in [3.63, 3.8) is 0 Å². The van der Waals surface area contributed by atoms with Gasteiger partial charge in [-0.2, -0.15) is 0 Å². The Morgan fingerprint density at radius 1 is 1.19 bits per heavy atom. The number of ketones is 3. The maximum Gasteiger partial charge on any atom is 0.188 e. The fourth-order valence-corrected chi connectivity index (χ4v) is 3.57. The zero-order chi connectivity index (χ0) is 20.0. The van der Waals surface area contributed by atoms with Crippen molar-refractivity contribution in [1.29, 1.82) is 0 Å². The van der Waals surface area contributed by atoms with E-state index in [0.29, 0.717) is 42.9 Å². The average Bonchev–Trinajstić information content (AvgIpc) is 2.68. The summed E-state index contributed by atoms with van der Waals surface area (Å²) in [6, 6.07) is 5.94. The topological polar surface area (TPSA) is 72.5 Å². The minimum Gasteiger partial charge on any atom is -0.381 e. The van der Waals surface area contributed by atoms with Gasteiger partial charge in [0.2, 0.25) is 0 Å². The van der Waals surface area contributed by atoms with Crippen LogP contribution in [0.5, 0.6) is 0 Å². The quantitative estimate of drug-likeness (QED) is 0.308. The number of hydrogen-bond acceptors (Lipinski definition) is 5. The third-order valence-electron chi connectivity index (χ3n) is 5.58. The van der Waals surface area contributed by atoms with Crippen LogP contribution < -0.4 is 5.32 Å². The lowest BCUT2D eigenvalue weighted by Gasteiger charge is -2.39. The van der Waals surface area contributed by atoms with E-state index in [2.05, 4.69) is 11.9 Å². The molecule has 1 N–H and O–H groups in total. The van der Waals surface area contributed by atoms with Crippen LogP contribution >= 0.6 is 0 Å². The second kappa shape index (κ2) is 9.09. The Hall–Kier alpha value is -2.27. The monoisotopic (exact) mass is 371 g/mol. The molecule has 1 unspecified atom stereocenters. The van der Waals surface area contributed by atoms with Gasteiger partial charge in [-0.15, -0.1) is 0 Å². The molecular formula is C22H29NO4. The first-order valence-electron chi connectivity index (χ1n) is 9.62. The molecule has 1 atom stereocenters. The molecule has 27 heavy (non-hydrogen) atoms. The van der Waals surface area contributed by atoms with E-state index in [0.717, 1.165) is 12.8 Å². The van der Waals surface area contributed by atoms with Crippen LogP contribution in [0.15, 0.2) is 36.4 Å². The number of benzene rings is 1. The molecule has 1 saturated carbocycles. The lowest BCUT2D eigenvalue weighted by Crippen LogP contribution is -2.49. The summed E-state index contributed by atoms with van der Waals surface area (Å²) < 4.78 is 5.20. The van der Waals surface area contributed by atoms with Crippen LogP contribution in [0.25, 0.3) is 0 Å². The summed E-state index contributed by atoms with van der Waals surface area (Å²) in [5.41, 5.74) is 1.34. The summed E-state index contributed by atoms with van der Waals surface area (Å²) >= 11 is 0. The van der Waals surface area contributed by atoms with Gasteiger partial charge in [0.15, 0.2) is 17.3 Å². The molecule has 1 aromatic carbocycles. The number of rotatable bonds is 9. The molecule has 5 heteroatoms. The van der Waals surface area contributed by atoms with Crippen molar-refractivity contribution in [2.24, 2.45) is 5.41 Å². The predicted molar refractivity (Wildman–Crippen MR) is 106 cm³/mol. The molecule has 0 saturated heterocycles. The number of carbonyl (C=O) groups is 3. The molecule has 0 spiro atoms. The molecule has 0 aliphatic heterocycles. The Morgan fingerprint density at radius 2 is 1.81 bits per heavy atom. The van der Waals surface area contributed by atoms with Crippen LogP contribution in [0.3, 0.4) is 0 Å². The maximum absolute atomic E-state index is 12.7.